The number of hydrogen-bond acceptors (Lipinski definition) is 3. The maximum atomic E-state index is 5.80. The first-order valence-corrected chi connectivity index (χ1v) is 7.93. The molecule has 1 aromatic heterocycles. The van der Waals surface area contributed by atoms with Gasteiger partial charge < -0.3 is 10.6 Å². The SMILES string of the molecule is CC1(C)CCN(c2nc3ccccc3cc2CCN)CC1. The third kappa shape index (κ3) is 3.03. The molecule has 0 radical (unpaired) electrons. The van der Waals surface area contributed by atoms with Crippen molar-refractivity contribution in [2.45, 2.75) is 33.1 Å². The van der Waals surface area contributed by atoms with E-state index in [0.717, 1.165) is 30.8 Å². The quantitative estimate of drug-likeness (QED) is 0.939. The number of piperidine rings is 1. The van der Waals surface area contributed by atoms with Crippen molar-refractivity contribution in [2.75, 3.05) is 24.5 Å². The molecule has 0 spiro atoms. The summed E-state index contributed by atoms with van der Waals surface area (Å²) in [5.74, 6) is 1.15. The Bertz CT molecular complexity index is 623. The van der Waals surface area contributed by atoms with Gasteiger partial charge in [0.15, 0.2) is 0 Å². The molecular weight excluding hydrogens is 258 g/mol. The highest BCUT2D eigenvalue weighted by Gasteiger charge is 2.27. The molecule has 1 aliphatic heterocycles. The van der Waals surface area contributed by atoms with E-state index >= 15 is 0 Å². The van der Waals surface area contributed by atoms with Crippen LogP contribution in [0.3, 0.4) is 0 Å². The van der Waals surface area contributed by atoms with Gasteiger partial charge in [0, 0.05) is 18.5 Å². The van der Waals surface area contributed by atoms with Crippen LogP contribution < -0.4 is 10.6 Å². The Balaban J connectivity index is 1.97. The highest BCUT2D eigenvalue weighted by atomic mass is 15.2. The molecule has 112 valence electrons. The summed E-state index contributed by atoms with van der Waals surface area (Å²) in [7, 11) is 0. The standard InChI is InChI=1S/C18H25N3/c1-18(2)8-11-21(12-9-18)17-15(7-10-19)13-14-5-3-4-6-16(14)20-17/h3-6,13H,7-12,19H2,1-2H3. The van der Waals surface area contributed by atoms with E-state index < -0.39 is 0 Å². The number of rotatable bonds is 3. The summed E-state index contributed by atoms with van der Waals surface area (Å²) in [4.78, 5) is 7.38. The lowest BCUT2D eigenvalue weighted by molar-refractivity contribution is 0.279. The molecule has 1 fully saturated rings. The zero-order chi connectivity index (χ0) is 14.9. The van der Waals surface area contributed by atoms with Crippen LogP contribution in [0, 0.1) is 5.41 Å². The van der Waals surface area contributed by atoms with Crippen molar-refractivity contribution in [1.82, 2.24) is 4.98 Å². The lowest BCUT2D eigenvalue weighted by atomic mass is 9.82. The average molecular weight is 283 g/mol. The predicted octanol–water partition coefficient (Wildman–Crippen LogP) is 3.36. The lowest BCUT2D eigenvalue weighted by Gasteiger charge is -2.38. The number of hydrogen-bond donors (Lipinski definition) is 1. The van der Waals surface area contributed by atoms with Gasteiger partial charge in [-0.1, -0.05) is 32.0 Å². The molecule has 0 bridgehead atoms. The Hall–Kier alpha value is -1.61. The van der Waals surface area contributed by atoms with Crippen molar-refractivity contribution in [3.05, 3.63) is 35.9 Å². The van der Waals surface area contributed by atoms with Crippen molar-refractivity contribution < 1.29 is 0 Å². The van der Waals surface area contributed by atoms with E-state index in [4.69, 9.17) is 10.7 Å². The fourth-order valence-electron chi connectivity index (χ4n) is 3.09. The number of benzene rings is 1. The Labute approximate surface area is 127 Å². The van der Waals surface area contributed by atoms with Gasteiger partial charge in [-0.3, -0.25) is 0 Å². The van der Waals surface area contributed by atoms with Crippen molar-refractivity contribution in [2.24, 2.45) is 11.1 Å². The van der Waals surface area contributed by atoms with Gasteiger partial charge in [-0.05, 0) is 48.9 Å². The van der Waals surface area contributed by atoms with E-state index in [1.807, 2.05) is 0 Å². The molecule has 3 heteroatoms. The second-order valence-electron chi connectivity index (χ2n) is 6.85. The number of aromatic nitrogens is 1. The summed E-state index contributed by atoms with van der Waals surface area (Å²) in [6.45, 7) is 7.58. The molecular formula is C18H25N3. The molecule has 0 saturated carbocycles. The molecule has 2 heterocycles. The molecule has 1 aromatic carbocycles. The van der Waals surface area contributed by atoms with Crippen LogP contribution >= 0.6 is 0 Å². The topological polar surface area (TPSA) is 42.2 Å². The smallest absolute Gasteiger partial charge is 0.132 e. The first kappa shape index (κ1) is 14.3. The van der Waals surface area contributed by atoms with Gasteiger partial charge in [0.05, 0.1) is 5.52 Å². The molecule has 21 heavy (non-hydrogen) atoms. The Morgan fingerprint density at radius 1 is 1.19 bits per heavy atom. The summed E-state index contributed by atoms with van der Waals surface area (Å²) < 4.78 is 0. The van der Waals surface area contributed by atoms with Crippen molar-refractivity contribution >= 4 is 16.7 Å². The van der Waals surface area contributed by atoms with Crippen LogP contribution in [0.4, 0.5) is 5.82 Å². The second-order valence-corrected chi connectivity index (χ2v) is 6.85. The monoisotopic (exact) mass is 283 g/mol. The molecule has 3 rings (SSSR count). The minimum atomic E-state index is 0.460. The number of para-hydroxylation sites is 1. The summed E-state index contributed by atoms with van der Waals surface area (Å²) in [5, 5.41) is 1.21. The van der Waals surface area contributed by atoms with E-state index in [0.29, 0.717) is 12.0 Å². The number of fused-ring (bicyclic) bond motifs is 1. The first-order valence-electron chi connectivity index (χ1n) is 7.93. The molecule has 1 aliphatic rings. The number of nitrogens with two attached hydrogens (primary N) is 1. The van der Waals surface area contributed by atoms with E-state index in [1.54, 1.807) is 0 Å². The largest absolute Gasteiger partial charge is 0.356 e. The van der Waals surface area contributed by atoms with E-state index in [9.17, 15) is 0 Å². The fraction of sp³-hybridized carbons (Fsp3) is 0.500. The van der Waals surface area contributed by atoms with Crippen LogP contribution in [0.1, 0.15) is 32.3 Å². The van der Waals surface area contributed by atoms with Gasteiger partial charge in [0.2, 0.25) is 0 Å². The van der Waals surface area contributed by atoms with Crippen LogP contribution in [0.15, 0.2) is 30.3 Å². The Kier molecular flexibility index (Phi) is 3.85. The highest BCUT2D eigenvalue weighted by Crippen LogP contribution is 2.33. The van der Waals surface area contributed by atoms with Crippen molar-refractivity contribution in [3.63, 3.8) is 0 Å². The maximum absolute atomic E-state index is 5.80. The third-order valence-electron chi connectivity index (χ3n) is 4.61. The number of anilines is 1. The first-order chi connectivity index (χ1) is 10.1. The third-order valence-corrected chi connectivity index (χ3v) is 4.61. The number of pyridine rings is 1. The van der Waals surface area contributed by atoms with Crippen LogP contribution in [0.5, 0.6) is 0 Å². The molecule has 0 aliphatic carbocycles. The van der Waals surface area contributed by atoms with Crippen LogP contribution in [0.25, 0.3) is 10.9 Å². The van der Waals surface area contributed by atoms with Crippen LogP contribution in [-0.4, -0.2) is 24.6 Å². The summed E-state index contributed by atoms with van der Waals surface area (Å²) in [6, 6.07) is 10.6. The van der Waals surface area contributed by atoms with Gasteiger partial charge in [-0.25, -0.2) is 4.98 Å². The molecule has 1 saturated heterocycles. The van der Waals surface area contributed by atoms with Gasteiger partial charge in [0.1, 0.15) is 5.82 Å². The van der Waals surface area contributed by atoms with E-state index in [1.165, 1.54) is 23.8 Å². The highest BCUT2D eigenvalue weighted by molar-refractivity contribution is 5.81. The summed E-state index contributed by atoms with van der Waals surface area (Å²) >= 11 is 0. The predicted molar refractivity (Wildman–Crippen MR) is 89.7 cm³/mol. The average Bonchev–Trinajstić information content (AvgIpc) is 2.47. The van der Waals surface area contributed by atoms with E-state index in [-0.39, 0.29) is 0 Å². The Morgan fingerprint density at radius 2 is 1.90 bits per heavy atom. The normalized spacial score (nSPS) is 18.1. The molecule has 3 nitrogen and oxygen atoms in total. The molecule has 2 N–H and O–H groups in total. The maximum Gasteiger partial charge on any atom is 0.132 e. The number of nitrogens with zero attached hydrogens (tertiary/aromatic N) is 2. The summed E-state index contributed by atoms with van der Waals surface area (Å²) in [6.07, 6.45) is 3.35. The van der Waals surface area contributed by atoms with Gasteiger partial charge in [0.25, 0.3) is 0 Å². The molecule has 0 amide bonds. The molecule has 2 aromatic rings. The lowest BCUT2D eigenvalue weighted by Crippen LogP contribution is -2.38. The molecule has 0 unspecified atom stereocenters. The molecule has 0 atom stereocenters. The summed E-state index contributed by atoms with van der Waals surface area (Å²) in [5.41, 5.74) is 8.63. The minimum absolute atomic E-state index is 0.460. The fourth-order valence-corrected chi connectivity index (χ4v) is 3.09. The van der Waals surface area contributed by atoms with Crippen molar-refractivity contribution in [3.8, 4) is 0 Å². The van der Waals surface area contributed by atoms with Crippen LogP contribution in [-0.2, 0) is 6.42 Å². The van der Waals surface area contributed by atoms with Gasteiger partial charge in [-0.15, -0.1) is 0 Å². The minimum Gasteiger partial charge on any atom is -0.356 e. The van der Waals surface area contributed by atoms with Crippen LogP contribution in [0.2, 0.25) is 0 Å². The van der Waals surface area contributed by atoms with Gasteiger partial charge >= 0.3 is 0 Å². The van der Waals surface area contributed by atoms with Crippen molar-refractivity contribution in [1.29, 1.82) is 0 Å². The van der Waals surface area contributed by atoms with E-state index in [2.05, 4.69) is 49.1 Å². The Morgan fingerprint density at radius 3 is 2.62 bits per heavy atom. The van der Waals surface area contributed by atoms with Gasteiger partial charge in [-0.2, -0.15) is 0 Å². The second kappa shape index (κ2) is 5.64. The zero-order valence-electron chi connectivity index (χ0n) is 13.1. The zero-order valence-corrected chi connectivity index (χ0v) is 13.1.